The molecule has 3 heteroatoms. The third-order valence-corrected chi connectivity index (χ3v) is 4.96. The zero-order valence-electron chi connectivity index (χ0n) is 12.2. The fourth-order valence-corrected chi connectivity index (χ4v) is 3.42. The molecule has 102 valence electrons. The summed E-state index contributed by atoms with van der Waals surface area (Å²) in [7, 11) is -1.79. The molecule has 2 nitrogen and oxygen atoms in total. The van der Waals surface area contributed by atoms with Gasteiger partial charge in [-0.3, -0.25) is 9.59 Å². The molecule has 0 unspecified atom stereocenters. The summed E-state index contributed by atoms with van der Waals surface area (Å²) in [5.41, 5.74) is 0.641. The van der Waals surface area contributed by atoms with Gasteiger partial charge in [-0.25, -0.2) is 0 Å². The van der Waals surface area contributed by atoms with Crippen LogP contribution in [0.5, 0.6) is 0 Å². The van der Waals surface area contributed by atoms with Gasteiger partial charge in [0.25, 0.3) is 0 Å². The Morgan fingerprint density at radius 2 is 1.68 bits per heavy atom. The molecule has 0 saturated heterocycles. The molecule has 0 spiro atoms. The van der Waals surface area contributed by atoms with Crippen LogP contribution in [-0.4, -0.2) is 19.6 Å². The molecule has 19 heavy (non-hydrogen) atoms. The summed E-state index contributed by atoms with van der Waals surface area (Å²) in [4.78, 5) is 24.4. The molecule has 0 N–H and O–H groups in total. The van der Waals surface area contributed by atoms with Gasteiger partial charge in [0.2, 0.25) is 0 Å². The zero-order chi connectivity index (χ0) is 14.5. The highest BCUT2D eigenvalue weighted by atomic mass is 28.3. The average molecular weight is 274 g/mol. The summed E-state index contributed by atoms with van der Waals surface area (Å²) in [5.74, 6) is 0.0634. The molecule has 1 rings (SSSR count). The van der Waals surface area contributed by atoms with Crippen LogP contribution < -0.4 is 0 Å². The van der Waals surface area contributed by atoms with Gasteiger partial charge in [0.15, 0.2) is 11.6 Å². The highest BCUT2D eigenvalue weighted by molar-refractivity contribution is 6.87. The van der Waals surface area contributed by atoms with Crippen molar-refractivity contribution in [2.45, 2.75) is 39.4 Å². The highest BCUT2D eigenvalue weighted by Crippen LogP contribution is 2.19. The number of Topliss-reactive ketones (excluding diaryl/α,β-unsaturated/α-hetero) is 1. The Kier molecular flexibility index (Phi) is 5.42. The zero-order valence-corrected chi connectivity index (χ0v) is 13.2. The maximum absolute atomic E-state index is 12.2. The van der Waals surface area contributed by atoms with E-state index in [1.165, 1.54) is 0 Å². The molecular formula is C16H22O2Si. The topological polar surface area (TPSA) is 34.1 Å². The summed E-state index contributed by atoms with van der Waals surface area (Å²) in [5, 5.41) is 0.753. The van der Waals surface area contributed by atoms with Crippen molar-refractivity contribution in [1.29, 1.82) is 0 Å². The van der Waals surface area contributed by atoms with Crippen molar-refractivity contribution in [2.24, 2.45) is 0 Å². The Balaban J connectivity index is 3.08. The summed E-state index contributed by atoms with van der Waals surface area (Å²) < 4.78 is 0. The van der Waals surface area contributed by atoms with E-state index in [0.717, 1.165) is 11.6 Å². The first-order valence-corrected chi connectivity index (χ1v) is 10.2. The number of carbonyl (C=O) groups is 2. The van der Waals surface area contributed by atoms with Crippen LogP contribution in [0.3, 0.4) is 0 Å². The maximum Gasteiger partial charge on any atom is 0.185 e. The van der Waals surface area contributed by atoms with Crippen molar-refractivity contribution in [3.8, 4) is 0 Å². The van der Waals surface area contributed by atoms with Crippen LogP contribution >= 0.6 is 0 Å². The number of rotatable bonds is 6. The number of benzene rings is 1. The smallest absolute Gasteiger partial charge is 0.185 e. The lowest BCUT2D eigenvalue weighted by atomic mass is 10.1. The lowest BCUT2D eigenvalue weighted by Gasteiger charge is -2.19. The number of allylic oxidation sites excluding steroid dienone is 2. The van der Waals surface area contributed by atoms with E-state index in [0.29, 0.717) is 12.0 Å². The van der Waals surface area contributed by atoms with Crippen molar-refractivity contribution in [3.05, 3.63) is 47.2 Å². The molecule has 1 aromatic carbocycles. The number of hydrogen-bond acceptors (Lipinski definition) is 2. The average Bonchev–Trinajstić information content (AvgIpc) is 2.35. The van der Waals surface area contributed by atoms with Crippen molar-refractivity contribution in [1.82, 2.24) is 0 Å². The van der Waals surface area contributed by atoms with Gasteiger partial charge in [-0.15, -0.1) is 0 Å². The SMILES string of the molecule is CCCC(=O)C(=CC(=O)c1ccccc1)[Si](C)(C)C. The van der Waals surface area contributed by atoms with Gasteiger partial charge in [-0.1, -0.05) is 56.9 Å². The van der Waals surface area contributed by atoms with Crippen LogP contribution in [0.2, 0.25) is 19.6 Å². The van der Waals surface area contributed by atoms with E-state index < -0.39 is 8.07 Å². The normalized spacial score (nSPS) is 12.3. The second-order valence-electron chi connectivity index (χ2n) is 5.71. The van der Waals surface area contributed by atoms with Crippen molar-refractivity contribution < 1.29 is 9.59 Å². The molecule has 0 aliphatic heterocycles. The van der Waals surface area contributed by atoms with Crippen LogP contribution in [0.4, 0.5) is 0 Å². The Labute approximate surface area is 116 Å². The Bertz CT molecular complexity index is 481. The number of ketones is 2. The predicted molar refractivity (Wildman–Crippen MR) is 82.1 cm³/mol. The van der Waals surface area contributed by atoms with E-state index >= 15 is 0 Å². The molecule has 0 aromatic heterocycles. The highest BCUT2D eigenvalue weighted by Gasteiger charge is 2.26. The van der Waals surface area contributed by atoms with Gasteiger partial charge in [-0.2, -0.15) is 0 Å². The van der Waals surface area contributed by atoms with Gasteiger partial charge < -0.3 is 0 Å². The van der Waals surface area contributed by atoms with E-state index in [1.807, 2.05) is 25.1 Å². The predicted octanol–water partition coefficient (Wildman–Crippen LogP) is 4.04. The Hall–Kier alpha value is -1.48. The maximum atomic E-state index is 12.2. The van der Waals surface area contributed by atoms with Gasteiger partial charge in [0.1, 0.15) is 0 Å². The van der Waals surface area contributed by atoms with Crippen molar-refractivity contribution >= 4 is 19.6 Å². The molecule has 0 radical (unpaired) electrons. The summed E-state index contributed by atoms with van der Waals surface area (Å²) in [6.07, 6.45) is 2.91. The lowest BCUT2D eigenvalue weighted by Crippen LogP contribution is -2.30. The molecule has 0 aliphatic rings. The first kappa shape index (κ1) is 15.6. The molecule has 0 atom stereocenters. The van der Waals surface area contributed by atoms with Crippen LogP contribution in [0.1, 0.15) is 30.1 Å². The minimum Gasteiger partial charge on any atom is -0.295 e. The second-order valence-corrected chi connectivity index (χ2v) is 10.8. The van der Waals surface area contributed by atoms with Crippen LogP contribution in [-0.2, 0) is 4.79 Å². The van der Waals surface area contributed by atoms with Gasteiger partial charge in [0.05, 0.1) is 8.07 Å². The van der Waals surface area contributed by atoms with Crippen molar-refractivity contribution in [2.75, 3.05) is 0 Å². The van der Waals surface area contributed by atoms with E-state index in [2.05, 4.69) is 19.6 Å². The number of carbonyl (C=O) groups excluding carboxylic acids is 2. The summed E-state index contributed by atoms with van der Waals surface area (Å²) in [6, 6.07) is 9.12. The van der Waals surface area contributed by atoms with E-state index in [4.69, 9.17) is 0 Å². The fourth-order valence-electron chi connectivity index (χ4n) is 1.89. The minimum atomic E-state index is -1.79. The Morgan fingerprint density at radius 1 is 1.11 bits per heavy atom. The largest absolute Gasteiger partial charge is 0.295 e. The Morgan fingerprint density at radius 3 is 2.16 bits per heavy atom. The van der Waals surface area contributed by atoms with Gasteiger partial charge in [0, 0.05) is 12.0 Å². The first-order valence-electron chi connectivity index (χ1n) is 6.71. The van der Waals surface area contributed by atoms with Gasteiger partial charge in [-0.05, 0) is 17.7 Å². The fraction of sp³-hybridized carbons (Fsp3) is 0.375. The van der Waals surface area contributed by atoms with Crippen LogP contribution in [0.25, 0.3) is 0 Å². The molecule has 0 fully saturated rings. The first-order chi connectivity index (χ1) is 8.86. The second kappa shape index (κ2) is 6.62. The number of hydrogen-bond donors (Lipinski definition) is 0. The standard InChI is InChI=1S/C16H22O2Si/c1-5-9-14(17)16(19(2,3)4)12-15(18)13-10-7-6-8-11-13/h6-8,10-12H,5,9H2,1-4H3. The molecule has 0 bridgehead atoms. The molecule has 1 aromatic rings. The summed E-state index contributed by atoms with van der Waals surface area (Å²) in [6.45, 7) is 8.29. The van der Waals surface area contributed by atoms with Crippen molar-refractivity contribution in [3.63, 3.8) is 0 Å². The molecule has 0 saturated carbocycles. The molecule has 0 amide bonds. The monoisotopic (exact) mass is 274 g/mol. The quantitative estimate of drug-likeness (QED) is 0.445. The molecule has 0 heterocycles. The molecular weight excluding hydrogens is 252 g/mol. The molecule has 0 aliphatic carbocycles. The third-order valence-electron chi connectivity index (χ3n) is 2.92. The van der Waals surface area contributed by atoms with Crippen LogP contribution in [0.15, 0.2) is 41.6 Å². The minimum absolute atomic E-state index is 0.0671. The van der Waals surface area contributed by atoms with E-state index in [9.17, 15) is 9.59 Å². The third kappa shape index (κ3) is 4.60. The van der Waals surface area contributed by atoms with E-state index in [1.54, 1.807) is 18.2 Å². The van der Waals surface area contributed by atoms with Gasteiger partial charge >= 0.3 is 0 Å². The lowest BCUT2D eigenvalue weighted by molar-refractivity contribution is -0.115. The summed E-state index contributed by atoms with van der Waals surface area (Å²) >= 11 is 0. The van der Waals surface area contributed by atoms with E-state index in [-0.39, 0.29) is 11.6 Å². The van der Waals surface area contributed by atoms with Crippen LogP contribution in [0, 0.1) is 0 Å².